The number of carbonyl (C=O) groups is 1. The molecular weight excluding hydrogens is 350 g/mol. The molecule has 2 aromatic carbocycles. The van der Waals surface area contributed by atoms with E-state index in [2.05, 4.69) is 4.90 Å². The molecule has 0 unspecified atom stereocenters. The molecule has 0 saturated carbocycles. The molecule has 5 heteroatoms. The Morgan fingerprint density at radius 3 is 2.65 bits per heavy atom. The molecule has 26 heavy (non-hydrogen) atoms. The first-order valence-electron chi connectivity index (χ1n) is 8.60. The van der Waals surface area contributed by atoms with Gasteiger partial charge in [0, 0.05) is 18.1 Å². The summed E-state index contributed by atoms with van der Waals surface area (Å²) in [6.45, 7) is 7.62. The molecule has 0 aliphatic carbocycles. The van der Waals surface area contributed by atoms with E-state index in [9.17, 15) is 4.79 Å². The van der Waals surface area contributed by atoms with Crippen LogP contribution in [0, 0.1) is 6.92 Å². The van der Waals surface area contributed by atoms with Gasteiger partial charge in [-0.05, 0) is 55.7 Å². The van der Waals surface area contributed by atoms with Crippen molar-refractivity contribution >= 4 is 17.4 Å². The van der Waals surface area contributed by atoms with Gasteiger partial charge in [-0.1, -0.05) is 23.7 Å². The van der Waals surface area contributed by atoms with E-state index < -0.39 is 0 Å². The second-order valence-corrected chi connectivity index (χ2v) is 7.46. The zero-order valence-electron chi connectivity index (χ0n) is 15.1. The lowest BCUT2D eigenvalue weighted by molar-refractivity contribution is 0.0871. The molecule has 2 aliphatic rings. The molecule has 0 atom stereocenters. The summed E-state index contributed by atoms with van der Waals surface area (Å²) in [6.07, 6.45) is 0. The van der Waals surface area contributed by atoms with Gasteiger partial charge in [-0.25, -0.2) is 0 Å². The number of halogens is 1. The highest BCUT2D eigenvalue weighted by Gasteiger charge is 2.35. The Kier molecular flexibility index (Phi) is 4.25. The van der Waals surface area contributed by atoms with E-state index >= 15 is 0 Å². The van der Waals surface area contributed by atoms with Crippen molar-refractivity contribution in [3.8, 4) is 11.5 Å². The molecule has 0 N–H and O–H groups in total. The number of Topliss-reactive ketones (excluding diaryl/α,β-unsaturated/α-hetero) is 1. The van der Waals surface area contributed by atoms with Gasteiger partial charge in [0.05, 0.1) is 11.1 Å². The number of allylic oxidation sites excluding steroid dienone is 2. The first-order valence-corrected chi connectivity index (χ1v) is 8.98. The van der Waals surface area contributed by atoms with Crippen molar-refractivity contribution in [2.24, 2.45) is 0 Å². The fourth-order valence-electron chi connectivity index (χ4n) is 3.44. The highest BCUT2D eigenvalue weighted by molar-refractivity contribution is 6.30. The van der Waals surface area contributed by atoms with Crippen LogP contribution in [-0.2, 0) is 13.1 Å². The van der Waals surface area contributed by atoms with Gasteiger partial charge >= 0.3 is 0 Å². The summed E-state index contributed by atoms with van der Waals surface area (Å²) in [4.78, 5) is 14.9. The average Bonchev–Trinajstić information content (AvgIpc) is 2.96. The molecule has 0 spiro atoms. The van der Waals surface area contributed by atoms with Gasteiger partial charge in [0.2, 0.25) is 5.78 Å². The van der Waals surface area contributed by atoms with Crippen LogP contribution in [0.3, 0.4) is 0 Å². The number of fused-ring (bicyclic) bond motifs is 3. The first kappa shape index (κ1) is 17.1. The van der Waals surface area contributed by atoms with E-state index in [4.69, 9.17) is 21.1 Å². The molecule has 4 nitrogen and oxygen atoms in total. The Morgan fingerprint density at radius 1 is 1.23 bits per heavy atom. The Balaban J connectivity index is 1.67. The predicted molar refractivity (Wildman–Crippen MR) is 101 cm³/mol. The van der Waals surface area contributed by atoms with Crippen LogP contribution in [0.2, 0.25) is 5.02 Å². The third-order valence-electron chi connectivity index (χ3n) is 4.74. The van der Waals surface area contributed by atoms with Crippen molar-refractivity contribution in [1.29, 1.82) is 0 Å². The lowest BCUT2D eigenvalue weighted by Gasteiger charge is -2.30. The van der Waals surface area contributed by atoms with E-state index in [0.29, 0.717) is 30.3 Å². The molecule has 2 heterocycles. The topological polar surface area (TPSA) is 38.8 Å². The minimum atomic E-state index is -0.0323. The number of nitrogens with zero attached hydrogens (tertiary/aromatic N) is 1. The van der Waals surface area contributed by atoms with Crippen molar-refractivity contribution in [2.45, 2.75) is 33.9 Å². The summed E-state index contributed by atoms with van der Waals surface area (Å²) >= 11 is 5.96. The highest BCUT2D eigenvalue weighted by atomic mass is 35.5. The van der Waals surface area contributed by atoms with Crippen LogP contribution in [0.25, 0.3) is 0 Å². The van der Waals surface area contributed by atoms with Crippen LogP contribution >= 0.6 is 11.6 Å². The maximum Gasteiger partial charge on any atom is 0.232 e. The number of hydrogen-bond acceptors (Lipinski definition) is 4. The molecule has 2 aliphatic heterocycles. The highest BCUT2D eigenvalue weighted by Crippen LogP contribution is 2.44. The van der Waals surface area contributed by atoms with Gasteiger partial charge < -0.3 is 9.47 Å². The molecule has 4 rings (SSSR count). The quantitative estimate of drug-likeness (QED) is 0.708. The smallest absolute Gasteiger partial charge is 0.232 e. The Labute approximate surface area is 158 Å². The maximum absolute atomic E-state index is 12.7. The summed E-state index contributed by atoms with van der Waals surface area (Å²) in [5.74, 6) is 1.86. The lowest BCUT2D eigenvalue weighted by atomic mass is 9.98. The molecule has 0 fully saturated rings. The van der Waals surface area contributed by atoms with Crippen molar-refractivity contribution in [1.82, 2.24) is 4.90 Å². The van der Waals surface area contributed by atoms with E-state index in [1.807, 2.05) is 51.1 Å². The van der Waals surface area contributed by atoms with Crippen molar-refractivity contribution in [3.63, 3.8) is 0 Å². The second kappa shape index (κ2) is 6.45. The molecule has 0 saturated heterocycles. The molecule has 0 bridgehead atoms. The largest absolute Gasteiger partial charge is 0.478 e. The summed E-state index contributed by atoms with van der Waals surface area (Å²) in [5.41, 5.74) is 4.54. The number of carbonyl (C=O) groups excluding carboxylic acids is 1. The van der Waals surface area contributed by atoms with Crippen LogP contribution in [0.5, 0.6) is 11.5 Å². The Hall–Kier alpha value is -2.30. The minimum absolute atomic E-state index is 0.0323. The molecular formula is C21H20ClNO3. The third kappa shape index (κ3) is 2.89. The van der Waals surface area contributed by atoms with Crippen LogP contribution < -0.4 is 9.47 Å². The standard InChI is InChI=1S/C21H20ClNO3/c1-12(2)20-19(24)18-13(3)8-17-16(21(18)26-20)10-23(11-25-17)9-14-4-6-15(22)7-5-14/h4-8H,9-11H2,1-3H3. The predicted octanol–water partition coefficient (Wildman–Crippen LogP) is 4.87. The van der Waals surface area contributed by atoms with E-state index in [-0.39, 0.29) is 5.78 Å². The first-order chi connectivity index (χ1) is 12.4. The van der Waals surface area contributed by atoms with E-state index in [1.165, 1.54) is 0 Å². The number of hydrogen-bond donors (Lipinski definition) is 0. The number of aryl methyl sites for hydroxylation is 1. The molecule has 0 aromatic heterocycles. The normalized spacial score (nSPS) is 16.0. The van der Waals surface area contributed by atoms with Crippen LogP contribution in [-0.4, -0.2) is 17.4 Å². The zero-order chi connectivity index (χ0) is 18.4. The SMILES string of the molecule is CC(C)=C1Oc2c3c(cc(C)c2C1=O)OCN(Cc1ccc(Cl)cc1)C3. The summed E-state index contributed by atoms with van der Waals surface area (Å²) in [6, 6.07) is 9.75. The van der Waals surface area contributed by atoms with Gasteiger partial charge in [0.1, 0.15) is 18.2 Å². The summed E-state index contributed by atoms with van der Waals surface area (Å²) < 4.78 is 11.9. The second-order valence-electron chi connectivity index (χ2n) is 7.02. The molecule has 0 amide bonds. The fourth-order valence-corrected chi connectivity index (χ4v) is 3.57. The average molecular weight is 370 g/mol. The van der Waals surface area contributed by atoms with Gasteiger partial charge in [0.25, 0.3) is 0 Å². The molecule has 2 aromatic rings. The van der Waals surface area contributed by atoms with Crippen molar-refractivity contribution in [3.05, 3.63) is 68.9 Å². The number of ketones is 1. The Morgan fingerprint density at radius 2 is 1.96 bits per heavy atom. The number of benzene rings is 2. The van der Waals surface area contributed by atoms with Gasteiger partial charge in [-0.2, -0.15) is 0 Å². The Bertz CT molecular complexity index is 927. The third-order valence-corrected chi connectivity index (χ3v) is 4.99. The van der Waals surface area contributed by atoms with Gasteiger partial charge in [-0.3, -0.25) is 9.69 Å². The van der Waals surface area contributed by atoms with Crippen molar-refractivity contribution < 1.29 is 14.3 Å². The van der Waals surface area contributed by atoms with Crippen LogP contribution in [0.4, 0.5) is 0 Å². The monoisotopic (exact) mass is 369 g/mol. The lowest BCUT2D eigenvalue weighted by Crippen LogP contribution is -2.31. The minimum Gasteiger partial charge on any atom is -0.478 e. The number of ether oxygens (including phenoxy) is 2. The van der Waals surface area contributed by atoms with E-state index in [1.54, 1.807) is 0 Å². The number of rotatable bonds is 2. The maximum atomic E-state index is 12.7. The zero-order valence-corrected chi connectivity index (χ0v) is 15.8. The molecule has 134 valence electrons. The van der Waals surface area contributed by atoms with Crippen molar-refractivity contribution in [2.75, 3.05) is 6.73 Å². The summed E-state index contributed by atoms with van der Waals surface area (Å²) in [7, 11) is 0. The van der Waals surface area contributed by atoms with Gasteiger partial charge in [0.15, 0.2) is 5.76 Å². The van der Waals surface area contributed by atoms with Crippen LogP contribution in [0.15, 0.2) is 41.7 Å². The summed E-state index contributed by atoms with van der Waals surface area (Å²) in [5, 5.41) is 0.725. The van der Waals surface area contributed by atoms with Gasteiger partial charge in [-0.15, -0.1) is 0 Å². The fraction of sp³-hybridized carbons (Fsp3) is 0.286. The van der Waals surface area contributed by atoms with Crippen LogP contribution in [0.1, 0.15) is 40.9 Å². The molecule has 0 radical (unpaired) electrons. The van der Waals surface area contributed by atoms with E-state index in [0.717, 1.165) is 39.6 Å².